The van der Waals surface area contributed by atoms with Gasteiger partial charge in [0.25, 0.3) is 0 Å². The second-order valence-electron chi connectivity index (χ2n) is 7.28. The van der Waals surface area contributed by atoms with Gasteiger partial charge in [0.05, 0.1) is 39.6 Å². The quantitative estimate of drug-likeness (QED) is 0.236. The van der Waals surface area contributed by atoms with E-state index in [1.165, 1.54) is 26.2 Å². The van der Waals surface area contributed by atoms with Crippen molar-refractivity contribution in [3.05, 3.63) is 24.3 Å². The Kier molecular flexibility index (Phi) is 17.0. The van der Waals surface area contributed by atoms with Crippen LogP contribution in [0.1, 0.15) is 52.4 Å². The highest BCUT2D eigenvalue weighted by atomic mass is 16.6. The van der Waals surface area contributed by atoms with Gasteiger partial charge < -0.3 is 29.0 Å². The highest BCUT2D eigenvalue weighted by molar-refractivity contribution is 5.88. The van der Waals surface area contributed by atoms with Gasteiger partial charge in [-0.05, 0) is 30.7 Å². The van der Waals surface area contributed by atoms with Gasteiger partial charge in [0.2, 0.25) is 5.91 Å². The molecule has 0 aliphatic carbocycles. The standard InChI is InChI=1S/C24H39NO7/c1-3-4-5-6-7-8-24(27)32-20-18-30-16-14-28-13-15-29-17-19-31-23-11-9-22(10-12-23)25-21(2)26/h9-12H,3-8,13-20H2,1-2H3,(H,25,26). The van der Waals surface area contributed by atoms with Crippen molar-refractivity contribution in [3.8, 4) is 5.75 Å². The molecule has 1 N–H and O–H groups in total. The Morgan fingerprint density at radius 3 is 1.91 bits per heavy atom. The summed E-state index contributed by atoms with van der Waals surface area (Å²) in [7, 11) is 0. The highest BCUT2D eigenvalue weighted by Crippen LogP contribution is 2.15. The summed E-state index contributed by atoms with van der Waals surface area (Å²) >= 11 is 0. The Morgan fingerprint density at radius 2 is 1.31 bits per heavy atom. The molecule has 0 fully saturated rings. The van der Waals surface area contributed by atoms with E-state index >= 15 is 0 Å². The summed E-state index contributed by atoms with van der Waals surface area (Å²) in [6.07, 6.45) is 6.08. The molecule has 0 saturated heterocycles. The molecule has 1 aromatic carbocycles. The molecule has 182 valence electrons. The maximum absolute atomic E-state index is 11.5. The van der Waals surface area contributed by atoms with E-state index in [9.17, 15) is 9.59 Å². The second kappa shape index (κ2) is 19.5. The second-order valence-corrected chi connectivity index (χ2v) is 7.28. The zero-order valence-corrected chi connectivity index (χ0v) is 19.6. The smallest absolute Gasteiger partial charge is 0.305 e. The number of benzene rings is 1. The summed E-state index contributed by atoms with van der Waals surface area (Å²) < 4.78 is 27.0. The van der Waals surface area contributed by atoms with Crippen LogP contribution in [0.2, 0.25) is 0 Å². The molecule has 0 atom stereocenters. The number of rotatable bonds is 20. The molecule has 32 heavy (non-hydrogen) atoms. The Hall–Kier alpha value is -2.16. The van der Waals surface area contributed by atoms with Crippen LogP contribution < -0.4 is 10.1 Å². The SMILES string of the molecule is CCCCCCCC(=O)OCCOCCOCCOCCOc1ccc(NC(C)=O)cc1. The normalized spacial score (nSPS) is 10.7. The number of carbonyl (C=O) groups is 2. The predicted octanol–water partition coefficient (Wildman–Crippen LogP) is 3.98. The lowest BCUT2D eigenvalue weighted by atomic mass is 10.1. The fourth-order valence-electron chi connectivity index (χ4n) is 2.76. The lowest BCUT2D eigenvalue weighted by Gasteiger charge is -2.09. The van der Waals surface area contributed by atoms with Gasteiger partial charge in [0.1, 0.15) is 19.0 Å². The van der Waals surface area contributed by atoms with Crippen LogP contribution in [0.5, 0.6) is 5.75 Å². The van der Waals surface area contributed by atoms with E-state index < -0.39 is 0 Å². The van der Waals surface area contributed by atoms with Crippen molar-refractivity contribution in [2.45, 2.75) is 52.4 Å². The zero-order valence-electron chi connectivity index (χ0n) is 19.6. The number of unbranched alkanes of at least 4 members (excludes halogenated alkanes) is 4. The van der Waals surface area contributed by atoms with Crippen molar-refractivity contribution < 1.29 is 33.3 Å². The molecule has 1 amide bonds. The van der Waals surface area contributed by atoms with Gasteiger partial charge in [0.15, 0.2) is 0 Å². The summed E-state index contributed by atoms with van der Waals surface area (Å²) in [5.74, 6) is 0.461. The van der Waals surface area contributed by atoms with Crippen molar-refractivity contribution in [1.82, 2.24) is 0 Å². The molecule has 1 aromatic rings. The zero-order chi connectivity index (χ0) is 23.3. The van der Waals surface area contributed by atoms with E-state index in [1.54, 1.807) is 24.3 Å². The first-order valence-electron chi connectivity index (χ1n) is 11.5. The summed E-state index contributed by atoms with van der Waals surface area (Å²) in [5.41, 5.74) is 0.733. The molecule has 8 nitrogen and oxygen atoms in total. The molecule has 0 spiro atoms. The maximum atomic E-state index is 11.5. The van der Waals surface area contributed by atoms with Gasteiger partial charge in [-0.3, -0.25) is 9.59 Å². The van der Waals surface area contributed by atoms with Crippen LogP contribution in [0.25, 0.3) is 0 Å². The highest BCUT2D eigenvalue weighted by Gasteiger charge is 2.02. The molecular weight excluding hydrogens is 414 g/mol. The third-order valence-electron chi connectivity index (χ3n) is 4.39. The lowest BCUT2D eigenvalue weighted by molar-refractivity contribution is -0.145. The van der Waals surface area contributed by atoms with E-state index in [0.29, 0.717) is 58.4 Å². The average Bonchev–Trinajstić information content (AvgIpc) is 2.77. The monoisotopic (exact) mass is 453 g/mol. The molecule has 0 radical (unpaired) electrons. The van der Waals surface area contributed by atoms with E-state index in [2.05, 4.69) is 12.2 Å². The van der Waals surface area contributed by atoms with Gasteiger partial charge in [-0.25, -0.2) is 0 Å². The number of hydrogen-bond acceptors (Lipinski definition) is 7. The number of hydrogen-bond donors (Lipinski definition) is 1. The van der Waals surface area contributed by atoms with Gasteiger partial charge in [0, 0.05) is 19.0 Å². The Balaban J connectivity index is 1.82. The van der Waals surface area contributed by atoms with Crippen LogP contribution in [0, 0.1) is 0 Å². The number of ether oxygens (including phenoxy) is 5. The number of amides is 1. The van der Waals surface area contributed by atoms with Crippen LogP contribution >= 0.6 is 0 Å². The van der Waals surface area contributed by atoms with E-state index in [1.807, 2.05) is 0 Å². The number of esters is 1. The summed E-state index contributed by atoms with van der Waals surface area (Å²) in [6, 6.07) is 7.16. The van der Waals surface area contributed by atoms with Crippen molar-refractivity contribution in [1.29, 1.82) is 0 Å². The van der Waals surface area contributed by atoms with E-state index in [4.69, 9.17) is 23.7 Å². The minimum absolute atomic E-state index is 0.106. The molecule has 8 heteroatoms. The first kappa shape index (κ1) is 27.9. The summed E-state index contributed by atoms with van der Waals surface area (Å²) in [4.78, 5) is 22.5. The average molecular weight is 454 g/mol. The van der Waals surface area contributed by atoms with Gasteiger partial charge in [-0.2, -0.15) is 0 Å². The van der Waals surface area contributed by atoms with Gasteiger partial charge in [-0.1, -0.05) is 32.6 Å². The van der Waals surface area contributed by atoms with E-state index in [0.717, 1.165) is 18.5 Å². The minimum Gasteiger partial charge on any atom is -0.491 e. The largest absolute Gasteiger partial charge is 0.491 e. The number of anilines is 1. The number of carbonyl (C=O) groups excluding carboxylic acids is 2. The fourth-order valence-corrected chi connectivity index (χ4v) is 2.76. The molecule has 0 aliphatic rings. The lowest BCUT2D eigenvalue weighted by Crippen LogP contribution is -2.14. The molecular formula is C24H39NO7. The topological polar surface area (TPSA) is 92.3 Å². The summed E-state index contributed by atoms with van der Waals surface area (Å²) in [5, 5.41) is 2.70. The Morgan fingerprint density at radius 1 is 0.750 bits per heavy atom. The van der Waals surface area contributed by atoms with Crippen molar-refractivity contribution in [2.24, 2.45) is 0 Å². The third-order valence-corrected chi connectivity index (χ3v) is 4.39. The molecule has 1 rings (SSSR count). The molecule has 0 aromatic heterocycles. The van der Waals surface area contributed by atoms with Crippen LogP contribution in [0.3, 0.4) is 0 Å². The Labute approximate surface area is 191 Å². The Bertz CT molecular complexity index is 607. The van der Waals surface area contributed by atoms with Crippen LogP contribution in [0.15, 0.2) is 24.3 Å². The van der Waals surface area contributed by atoms with Gasteiger partial charge in [-0.15, -0.1) is 0 Å². The predicted molar refractivity (Wildman–Crippen MR) is 123 cm³/mol. The first-order chi connectivity index (χ1) is 15.6. The minimum atomic E-state index is -0.149. The number of nitrogens with one attached hydrogen (secondary N) is 1. The fraction of sp³-hybridized carbons (Fsp3) is 0.667. The van der Waals surface area contributed by atoms with Crippen molar-refractivity contribution >= 4 is 17.6 Å². The van der Waals surface area contributed by atoms with Gasteiger partial charge >= 0.3 is 5.97 Å². The molecule has 0 saturated carbocycles. The van der Waals surface area contributed by atoms with Crippen molar-refractivity contribution in [2.75, 3.05) is 58.2 Å². The third kappa shape index (κ3) is 16.5. The molecule has 0 unspecified atom stereocenters. The first-order valence-corrected chi connectivity index (χ1v) is 11.5. The van der Waals surface area contributed by atoms with Crippen LogP contribution in [-0.4, -0.2) is 64.7 Å². The molecule has 0 bridgehead atoms. The molecule has 0 heterocycles. The van der Waals surface area contributed by atoms with Crippen molar-refractivity contribution in [3.63, 3.8) is 0 Å². The molecule has 0 aliphatic heterocycles. The summed E-state index contributed by atoms with van der Waals surface area (Å²) in [6.45, 7) is 7.05. The van der Waals surface area contributed by atoms with Crippen LogP contribution in [0.4, 0.5) is 5.69 Å². The maximum Gasteiger partial charge on any atom is 0.305 e. The van der Waals surface area contributed by atoms with Crippen LogP contribution in [-0.2, 0) is 28.5 Å². The van der Waals surface area contributed by atoms with E-state index in [-0.39, 0.29) is 18.5 Å².